The molecule has 1 aliphatic rings. The normalized spacial score (nSPS) is 17.9. The van der Waals surface area contributed by atoms with Gasteiger partial charge in [-0.25, -0.2) is 22.3 Å². The summed E-state index contributed by atoms with van der Waals surface area (Å²) in [6.07, 6.45) is 0. The summed E-state index contributed by atoms with van der Waals surface area (Å²) in [5.41, 5.74) is 4.93. The van der Waals surface area contributed by atoms with Crippen molar-refractivity contribution in [3.8, 4) is 0 Å². The Labute approximate surface area is 236 Å². The van der Waals surface area contributed by atoms with Gasteiger partial charge >= 0.3 is 0 Å². The Balaban J connectivity index is 1.62. The fourth-order valence-corrected chi connectivity index (χ4v) is 7.47. The molecule has 0 spiro atoms. The molecule has 212 valence electrons. The topological polar surface area (TPSA) is 116 Å². The molecule has 0 bridgehead atoms. The number of hydrogen-bond donors (Lipinski definition) is 1. The lowest BCUT2D eigenvalue weighted by molar-refractivity contribution is -0.125. The van der Waals surface area contributed by atoms with E-state index in [2.05, 4.69) is 31.3 Å². The van der Waals surface area contributed by atoms with Crippen molar-refractivity contribution < 1.29 is 21.6 Å². The Kier molecular flexibility index (Phi) is 8.60. The Morgan fingerprint density at radius 2 is 1.32 bits per heavy atom. The summed E-state index contributed by atoms with van der Waals surface area (Å²) in [5.74, 6) is -0.724. The number of amides is 1. The second-order valence-corrected chi connectivity index (χ2v) is 14.4. The second kappa shape index (κ2) is 11.6. The van der Waals surface area contributed by atoms with Gasteiger partial charge in [-0.1, -0.05) is 81.4 Å². The number of carbonyl (C=O) groups is 1. The molecule has 3 aromatic rings. The molecule has 0 unspecified atom stereocenters. The minimum atomic E-state index is -4.10. The Hall–Kier alpha value is -3.38. The van der Waals surface area contributed by atoms with Crippen LogP contribution in [0.4, 0.5) is 0 Å². The van der Waals surface area contributed by atoms with Crippen molar-refractivity contribution in [2.45, 2.75) is 48.9 Å². The zero-order valence-electron chi connectivity index (χ0n) is 23.0. The van der Waals surface area contributed by atoms with Crippen molar-refractivity contribution in [1.29, 1.82) is 0 Å². The number of carbonyl (C=O) groups excluding carboxylic acids is 1. The first-order chi connectivity index (χ1) is 18.8. The predicted octanol–water partition coefficient (Wildman–Crippen LogP) is 3.59. The zero-order valence-corrected chi connectivity index (χ0v) is 24.6. The smallest absolute Gasteiger partial charge is 0.259 e. The molecule has 1 aliphatic heterocycles. The van der Waals surface area contributed by atoms with Gasteiger partial charge in [0.05, 0.1) is 15.5 Å². The van der Waals surface area contributed by atoms with Gasteiger partial charge in [-0.3, -0.25) is 4.79 Å². The van der Waals surface area contributed by atoms with Gasteiger partial charge in [0.25, 0.3) is 5.91 Å². The van der Waals surface area contributed by atoms with E-state index >= 15 is 0 Å². The Bertz CT molecular complexity index is 1580. The highest BCUT2D eigenvalue weighted by Crippen LogP contribution is 2.26. The van der Waals surface area contributed by atoms with Gasteiger partial charge in [-0.2, -0.15) is 13.7 Å². The number of sulfonamides is 2. The number of rotatable bonds is 7. The molecule has 1 atom stereocenters. The van der Waals surface area contributed by atoms with E-state index in [1.807, 2.05) is 24.3 Å². The van der Waals surface area contributed by atoms with Crippen molar-refractivity contribution in [2.75, 3.05) is 19.6 Å². The molecule has 1 N–H and O–H groups in total. The maximum atomic E-state index is 13.5. The summed E-state index contributed by atoms with van der Waals surface area (Å²) >= 11 is 0. The number of benzene rings is 3. The minimum Gasteiger partial charge on any atom is -0.271 e. The van der Waals surface area contributed by atoms with Gasteiger partial charge in [0.2, 0.25) is 20.0 Å². The van der Waals surface area contributed by atoms with Crippen LogP contribution < -0.4 is 5.43 Å². The van der Waals surface area contributed by atoms with Gasteiger partial charge in [0.1, 0.15) is 6.04 Å². The van der Waals surface area contributed by atoms with Crippen LogP contribution in [0.2, 0.25) is 0 Å². The van der Waals surface area contributed by atoms with Crippen LogP contribution >= 0.6 is 0 Å². The van der Waals surface area contributed by atoms with Crippen LogP contribution in [0.3, 0.4) is 0 Å². The first kappa shape index (κ1) is 29.6. The average molecular weight is 583 g/mol. The van der Waals surface area contributed by atoms with Crippen LogP contribution in [0.15, 0.2) is 99.8 Å². The average Bonchev–Trinajstić information content (AvgIpc) is 2.96. The second-order valence-electron chi connectivity index (χ2n) is 10.6. The first-order valence-electron chi connectivity index (χ1n) is 12.9. The molecule has 11 heteroatoms. The monoisotopic (exact) mass is 582 g/mol. The van der Waals surface area contributed by atoms with E-state index < -0.39 is 32.0 Å². The summed E-state index contributed by atoms with van der Waals surface area (Å²) in [4.78, 5) is 13.6. The lowest BCUT2D eigenvalue weighted by atomic mass is 9.86. The van der Waals surface area contributed by atoms with Crippen LogP contribution in [-0.2, 0) is 30.3 Å². The summed E-state index contributed by atoms with van der Waals surface area (Å²) in [5, 5.41) is 4.22. The predicted molar refractivity (Wildman–Crippen MR) is 155 cm³/mol. The van der Waals surface area contributed by atoms with E-state index in [0.717, 1.165) is 19.7 Å². The van der Waals surface area contributed by atoms with Crippen LogP contribution in [0.5, 0.6) is 0 Å². The molecule has 3 aromatic carbocycles. The third-order valence-electron chi connectivity index (χ3n) is 6.83. The maximum absolute atomic E-state index is 13.5. The van der Waals surface area contributed by atoms with Crippen molar-refractivity contribution in [2.24, 2.45) is 5.10 Å². The van der Waals surface area contributed by atoms with Crippen LogP contribution in [0.25, 0.3) is 0 Å². The molecule has 1 fully saturated rings. The molecule has 0 aliphatic carbocycles. The molecule has 1 amide bonds. The number of nitrogens with zero attached hydrogens (tertiary/aromatic N) is 3. The van der Waals surface area contributed by atoms with E-state index in [9.17, 15) is 21.6 Å². The van der Waals surface area contributed by atoms with Crippen molar-refractivity contribution in [1.82, 2.24) is 14.0 Å². The van der Waals surface area contributed by atoms with Crippen LogP contribution in [0, 0.1) is 0 Å². The van der Waals surface area contributed by atoms with Gasteiger partial charge < -0.3 is 0 Å². The highest BCUT2D eigenvalue weighted by Gasteiger charge is 2.43. The molecule has 0 aromatic heterocycles. The fourth-order valence-electron chi connectivity index (χ4n) is 4.42. The van der Waals surface area contributed by atoms with E-state index in [1.54, 1.807) is 43.3 Å². The number of nitrogens with one attached hydrogen (secondary N) is 1. The fraction of sp³-hybridized carbons (Fsp3) is 0.310. The van der Waals surface area contributed by atoms with E-state index in [1.165, 1.54) is 24.3 Å². The van der Waals surface area contributed by atoms with Gasteiger partial charge in [0.15, 0.2) is 0 Å². The molecule has 0 saturated carbocycles. The standard InChI is InChI=1S/C29H34N4O5S2/c1-22(23-15-17-24(18-16-23)29(2,3)4)30-31-28(34)27-21-32(39(35,36)25-11-7-5-8-12-25)19-20-33(27)40(37,38)26-13-9-6-10-14-26/h5-18,27H,19-21H2,1-4H3,(H,31,34)/b30-22-/t27-/m0/s1. The van der Waals surface area contributed by atoms with Crippen molar-refractivity contribution in [3.05, 3.63) is 96.1 Å². The molecule has 1 heterocycles. The SMILES string of the molecule is C/C(=N/NC(=O)[C@@H]1CN(S(=O)(=O)c2ccccc2)CCN1S(=O)(=O)c1ccccc1)c1ccc(C(C)(C)C)cc1. The van der Waals surface area contributed by atoms with E-state index in [-0.39, 0.29) is 34.8 Å². The van der Waals surface area contributed by atoms with E-state index in [4.69, 9.17) is 0 Å². The summed E-state index contributed by atoms with van der Waals surface area (Å²) in [6.45, 7) is 7.42. The molecular formula is C29H34N4O5S2. The lowest BCUT2D eigenvalue weighted by Gasteiger charge is -2.38. The maximum Gasteiger partial charge on any atom is 0.259 e. The van der Waals surface area contributed by atoms with Crippen molar-refractivity contribution in [3.63, 3.8) is 0 Å². The van der Waals surface area contributed by atoms with Crippen LogP contribution in [-0.4, -0.2) is 62.7 Å². The molecule has 0 radical (unpaired) electrons. The Morgan fingerprint density at radius 3 is 1.85 bits per heavy atom. The molecule has 9 nitrogen and oxygen atoms in total. The number of hydrazone groups is 1. The summed E-state index contributed by atoms with van der Waals surface area (Å²) < 4.78 is 55.9. The van der Waals surface area contributed by atoms with Gasteiger partial charge in [0, 0.05) is 19.6 Å². The Morgan fingerprint density at radius 1 is 0.800 bits per heavy atom. The highest BCUT2D eigenvalue weighted by atomic mass is 32.2. The molecule has 40 heavy (non-hydrogen) atoms. The van der Waals surface area contributed by atoms with Gasteiger partial charge in [-0.15, -0.1) is 0 Å². The summed E-state index contributed by atoms with van der Waals surface area (Å²) in [6, 6.07) is 22.1. The minimum absolute atomic E-state index is 0.0154. The number of piperazine rings is 1. The molecular weight excluding hydrogens is 548 g/mol. The quantitative estimate of drug-likeness (QED) is 0.338. The lowest BCUT2D eigenvalue weighted by Crippen LogP contribution is -2.60. The highest BCUT2D eigenvalue weighted by molar-refractivity contribution is 7.89. The van der Waals surface area contributed by atoms with Crippen LogP contribution in [0.1, 0.15) is 38.8 Å². The first-order valence-corrected chi connectivity index (χ1v) is 15.8. The molecule has 1 saturated heterocycles. The van der Waals surface area contributed by atoms with Crippen molar-refractivity contribution >= 4 is 31.7 Å². The number of hydrogen-bond acceptors (Lipinski definition) is 6. The zero-order chi connectivity index (χ0) is 29.1. The van der Waals surface area contributed by atoms with E-state index in [0.29, 0.717) is 5.71 Å². The summed E-state index contributed by atoms with van der Waals surface area (Å²) in [7, 11) is -8.05. The largest absolute Gasteiger partial charge is 0.271 e. The van der Waals surface area contributed by atoms with Gasteiger partial charge in [-0.05, 0) is 47.7 Å². The third-order valence-corrected chi connectivity index (χ3v) is 10.6. The molecule has 4 rings (SSSR count). The third kappa shape index (κ3) is 6.33.